The van der Waals surface area contributed by atoms with Gasteiger partial charge in [0.2, 0.25) is 5.89 Å². The molecule has 2 rings (SSSR count). The van der Waals surface area contributed by atoms with Crippen LogP contribution in [0.3, 0.4) is 0 Å². The molecule has 1 heterocycles. The molecule has 3 nitrogen and oxygen atoms in total. The summed E-state index contributed by atoms with van der Waals surface area (Å²) in [7, 11) is 0. The highest BCUT2D eigenvalue weighted by Gasteiger charge is 2.11. The molecule has 0 spiro atoms. The number of rotatable bonds is 3. The van der Waals surface area contributed by atoms with Crippen LogP contribution in [0.25, 0.3) is 11.5 Å². The van der Waals surface area contributed by atoms with Crippen molar-refractivity contribution in [2.45, 2.75) is 12.8 Å². The van der Waals surface area contributed by atoms with Crippen molar-refractivity contribution in [1.82, 2.24) is 4.98 Å². The molecule has 16 heavy (non-hydrogen) atoms. The molecule has 1 unspecified atom stereocenters. The molecule has 2 aromatic rings. The second-order valence-corrected chi connectivity index (χ2v) is 4.16. The topological polar surface area (TPSA) is 52.0 Å². The lowest BCUT2D eigenvalue weighted by molar-refractivity contribution is 0.570. The molecule has 0 bridgehead atoms. The van der Waals surface area contributed by atoms with E-state index in [4.69, 9.17) is 21.8 Å². The van der Waals surface area contributed by atoms with Crippen molar-refractivity contribution in [2.24, 2.45) is 5.73 Å². The first kappa shape index (κ1) is 11.2. The van der Waals surface area contributed by atoms with Gasteiger partial charge in [-0.15, -0.1) is 0 Å². The summed E-state index contributed by atoms with van der Waals surface area (Å²) in [5.74, 6) is 0.816. The number of hydrogen-bond donors (Lipinski definition) is 1. The van der Waals surface area contributed by atoms with Crippen LogP contribution in [0.15, 0.2) is 34.9 Å². The summed E-state index contributed by atoms with van der Waals surface area (Å²) in [6, 6.07) is 7.39. The Hall–Kier alpha value is -1.32. The first-order chi connectivity index (χ1) is 7.70. The van der Waals surface area contributed by atoms with E-state index >= 15 is 0 Å². The van der Waals surface area contributed by atoms with Gasteiger partial charge in [-0.05, 0) is 24.3 Å². The average molecular weight is 237 g/mol. The van der Waals surface area contributed by atoms with Crippen LogP contribution in [0.4, 0.5) is 0 Å². The summed E-state index contributed by atoms with van der Waals surface area (Å²) in [4.78, 5) is 4.39. The van der Waals surface area contributed by atoms with Crippen LogP contribution in [0, 0.1) is 0 Å². The van der Waals surface area contributed by atoms with E-state index < -0.39 is 0 Å². The molecule has 1 atom stereocenters. The summed E-state index contributed by atoms with van der Waals surface area (Å²) >= 11 is 5.81. The number of benzene rings is 1. The Kier molecular flexibility index (Phi) is 3.27. The van der Waals surface area contributed by atoms with Gasteiger partial charge in [-0.2, -0.15) is 0 Å². The largest absolute Gasteiger partial charge is 0.444 e. The Labute approximate surface area is 99.2 Å². The maximum atomic E-state index is 5.81. The van der Waals surface area contributed by atoms with Gasteiger partial charge in [0.25, 0.3) is 0 Å². The van der Waals surface area contributed by atoms with Crippen LogP contribution in [0.5, 0.6) is 0 Å². The minimum absolute atomic E-state index is 0.213. The maximum absolute atomic E-state index is 5.81. The van der Waals surface area contributed by atoms with Crippen molar-refractivity contribution >= 4 is 11.6 Å². The fourth-order valence-electron chi connectivity index (χ4n) is 1.36. The molecular weight excluding hydrogens is 224 g/mol. The molecule has 0 aliphatic rings. The van der Waals surface area contributed by atoms with Crippen LogP contribution in [-0.2, 0) is 0 Å². The van der Waals surface area contributed by atoms with Crippen LogP contribution < -0.4 is 5.73 Å². The fraction of sp³-hybridized carbons (Fsp3) is 0.250. The second-order valence-electron chi connectivity index (χ2n) is 3.72. The van der Waals surface area contributed by atoms with Gasteiger partial charge in [0.05, 0.1) is 5.69 Å². The van der Waals surface area contributed by atoms with E-state index in [0.29, 0.717) is 17.5 Å². The third-order valence-electron chi connectivity index (χ3n) is 2.47. The molecule has 0 aliphatic carbocycles. The third-order valence-corrected chi connectivity index (χ3v) is 2.72. The Bertz CT molecular complexity index is 464. The Morgan fingerprint density at radius 1 is 1.38 bits per heavy atom. The van der Waals surface area contributed by atoms with Crippen LogP contribution in [0.1, 0.15) is 18.5 Å². The molecule has 0 aliphatic heterocycles. The monoisotopic (exact) mass is 236 g/mol. The smallest absolute Gasteiger partial charge is 0.226 e. The lowest BCUT2D eigenvalue weighted by Gasteiger charge is -2.01. The molecule has 0 amide bonds. The zero-order valence-electron chi connectivity index (χ0n) is 8.98. The summed E-state index contributed by atoms with van der Waals surface area (Å²) in [6.45, 7) is 2.58. The molecule has 0 fully saturated rings. The molecule has 1 aromatic heterocycles. The van der Waals surface area contributed by atoms with E-state index in [-0.39, 0.29) is 5.92 Å². The highest BCUT2D eigenvalue weighted by molar-refractivity contribution is 6.30. The molecule has 1 aromatic carbocycles. The zero-order valence-corrected chi connectivity index (χ0v) is 9.74. The Morgan fingerprint density at radius 3 is 2.69 bits per heavy atom. The maximum Gasteiger partial charge on any atom is 0.226 e. The van der Waals surface area contributed by atoms with Crippen molar-refractivity contribution < 1.29 is 4.42 Å². The summed E-state index contributed by atoms with van der Waals surface area (Å²) in [5.41, 5.74) is 7.37. The lowest BCUT2D eigenvalue weighted by atomic mass is 10.1. The molecule has 84 valence electrons. The first-order valence-corrected chi connectivity index (χ1v) is 5.50. The van der Waals surface area contributed by atoms with Crippen molar-refractivity contribution in [1.29, 1.82) is 0 Å². The highest BCUT2D eigenvalue weighted by Crippen LogP contribution is 2.23. The number of halogens is 1. The summed E-state index contributed by atoms with van der Waals surface area (Å²) < 4.78 is 5.40. The SMILES string of the molecule is CC(CN)c1coc(-c2ccc(Cl)cc2)n1. The molecular formula is C12H13ClN2O. The fourth-order valence-corrected chi connectivity index (χ4v) is 1.48. The number of oxazole rings is 1. The minimum atomic E-state index is 0.213. The van der Waals surface area contributed by atoms with Gasteiger partial charge in [0, 0.05) is 23.0 Å². The van der Waals surface area contributed by atoms with Crippen LogP contribution in [0.2, 0.25) is 5.02 Å². The Morgan fingerprint density at radius 2 is 2.06 bits per heavy atom. The summed E-state index contributed by atoms with van der Waals surface area (Å²) in [5, 5.41) is 0.700. The van der Waals surface area contributed by atoms with Gasteiger partial charge in [0.1, 0.15) is 6.26 Å². The van der Waals surface area contributed by atoms with Gasteiger partial charge in [0.15, 0.2) is 0 Å². The average Bonchev–Trinajstić information content (AvgIpc) is 2.78. The van der Waals surface area contributed by atoms with E-state index in [1.54, 1.807) is 6.26 Å². The van der Waals surface area contributed by atoms with Gasteiger partial charge in [-0.3, -0.25) is 0 Å². The molecule has 2 N–H and O–H groups in total. The van der Waals surface area contributed by atoms with Crippen molar-refractivity contribution in [3.8, 4) is 11.5 Å². The molecule has 0 saturated carbocycles. The third kappa shape index (κ3) is 2.26. The van der Waals surface area contributed by atoms with Crippen molar-refractivity contribution in [3.63, 3.8) is 0 Å². The first-order valence-electron chi connectivity index (χ1n) is 5.12. The van der Waals surface area contributed by atoms with Crippen molar-refractivity contribution in [2.75, 3.05) is 6.54 Å². The molecule has 4 heteroatoms. The van der Waals surface area contributed by atoms with Gasteiger partial charge in [-0.25, -0.2) is 4.98 Å². The van der Waals surface area contributed by atoms with Gasteiger partial charge in [-0.1, -0.05) is 18.5 Å². The van der Waals surface area contributed by atoms with Gasteiger partial charge < -0.3 is 10.2 Å². The van der Waals surface area contributed by atoms with E-state index in [9.17, 15) is 0 Å². The highest BCUT2D eigenvalue weighted by atomic mass is 35.5. The van der Waals surface area contributed by atoms with Crippen LogP contribution >= 0.6 is 11.6 Å². The lowest BCUT2D eigenvalue weighted by Crippen LogP contribution is -2.08. The standard InChI is InChI=1S/C12H13ClN2O/c1-8(6-14)11-7-16-12(15-11)9-2-4-10(13)5-3-9/h2-5,7-8H,6,14H2,1H3. The zero-order chi connectivity index (χ0) is 11.5. The quantitative estimate of drug-likeness (QED) is 0.891. The van der Waals surface area contributed by atoms with E-state index in [1.807, 2.05) is 31.2 Å². The number of nitrogens with two attached hydrogens (primary N) is 1. The number of aromatic nitrogens is 1. The minimum Gasteiger partial charge on any atom is -0.444 e. The summed E-state index contributed by atoms with van der Waals surface area (Å²) in [6.07, 6.45) is 1.65. The van der Waals surface area contributed by atoms with Crippen LogP contribution in [-0.4, -0.2) is 11.5 Å². The van der Waals surface area contributed by atoms with Crippen molar-refractivity contribution in [3.05, 3.63) is 41.2 Å². The van der Waals surface area contributed by atoms with E-state index in [1.165, 1.54) is 0 Å². The van der Waals surface area contributed by atoms with E-state index in [0.717, 1.165) is 11.3 Å². The predicted molar refractivity (Wildman–Crippen MR) is 64.4 cm³/mol. The van der Waals surface area contributed by atoms with Gasteiger partial charge >= 0.3 is 0 Å². The predicted octanol–water partition coefficient (Wildman–Crippen LogP) is 3.06. The normalized spacial score (nSPS) is 12.7. The Balaban J connectivity index is 2.28. The van der Waals surface area contributed by atoms with E-state index in [2.05, 4.69) is 4.98 Å². The second kappa shape index (κ2) is 4.68. The molecule has 0 saturated heterocycles. The number of hydrogen-bond acceptors (Lipinski definition) is 3. The molecule has 0 radical (unpaired) electrons. The number of nitrogens with zero attached hydrogens (tertiary/aromatic N) is 1.